The lowest BCUT2D eigenvalue weighted by molar-refractivity contribution is -0.135. The number of imidazole rings is 1. The summed E-state index contributed by atoms with van der Waals surface area (Å²) < 4.78 is 13.0. The zero-order chi connectivity index (χ0) is 25.9. The van der Waals surface area contributed by atoms with Gasteiger partial charge in [-0.1, -0.05) is 30.3 Å². The number of carbonyl (C=O) groups is 1. The van der Waals surface area contributed by atoms with E-state index in [4.69, 9.17) is 19.4 Å². The average Bonchev–Trinajstić information content (AvgIpc) is 3.50. The molecule has 11 heteroatoms. The van der Waals surface area contributed by atoms with Gasteiger partial charge in [-0.2, -0.15) is 0 Å². The van der Waals surface area contributed by atoms with Crippen LogP contribution in [0, 0.1) is 0 Å². The van der Waals surface area contributed by atoms with Gasteiger partial charge in [0, 0.05) is 30.8 Å². The van der Waals surface area contributed by atoms with Gasteiger partial charge in [0.2, 0.25) is 5.91 Å². The number of nitrogens with one attached hydrogen (secondary N) is 2. The number of pyridine rings is 1. The number of anilines is 1. The Balaban J connectivity index is 1.53. The van der Waals surface area contributed by atoms with Gasteiger partial charge in [-0.05, 0) is 25.5 Å². The van der Waals surface area contributed by atoms with E-state index in [1.165, 1.54) is 0 Å². The monoisotopic (exact) mass is 503 g/mol. The van der Waals surface area contributed by atoms with Crippen LogP contribution < -0.4 is 15.4 Å². The number of benzene rings is 1. The Morgan fingerprint density at radius 2 is 2.05 bits per heavy atom. The molecule has 0 bridgehead atoms. The Hall–Kier alpha value is -4.09. The molecule has 0 unspecified atom stereocenters. The fourth-order valence-electron chi connectivity index (χ4n) is 4.24. The summed E-state index contributed by atoms with van der Waals surface area (Å²) >= 11 is 0. The van der Waals surface area contributed by atoms with Gasteiger partial charge in [0.25, 0.3) is 0 Å². The van der Waals surface area contributed by atoms with Gasteiger partial charge >= 0.3 is 0 Å². The molecule has 0 radical (unpaired) electrons. The first-order chi connectivity index (χ1) is 17.9. The minimum Gasteiger partial charge on any atom is -0.495 e. The van der Waals surface area contributed by atoms with Crippen LogP contribution in [0.25, 0.3) is 22.6 Å². The zero-order valence-electron chi connectivity index (χ0n) is 20.8. The van der Waals surface area contributed by atoms with E-state index in [-0.39, 0.29) is 18.4 Å². The van der Waals surface area contributed by atoms with Gasteiger partial charge in [-0.25, -0.2) is 15.0 Å². The van der Waals surface area contributed by atoms with Crippen LogP contribution in [0.1, 0.15) is 32.1 Å². The van der Waals surface area contributed by atoms with Crippen molar-refractivity contribution in [2.24, 2.45) is 0 Å². The number of hydrogen-bond donors (Lipinski definition) is 3. The molecule has 1 aliphatic rings. The molecule has 3 aromatic heterocycles. The number of aliphatic hydroxyl groups is 1. The summed E-state index contributed by atoms with van der Waals surface area (Å²) in [7, 11) is 1.57. The SMILES string of the molecule is COc1cncc(-c2nc(NCc3ccccc3)c3ncn([C@@H]4O[C@H](C(=O)NC(C)C)C[C@H]4O)c3n2)c1. The van der Waals surface area contributed by atoms with Crippen molar-refractivity contribution in [2.75, 3.05) is 12.4 Å². The molecule has 5 rings (SSSR count). The van der Waals surface area contributed by atoms with Gasteiger partial charge in [0.1, 0.15) is 18.0 Å². The molecule has 0 aliphatic carbocycles. The smallest absolute Gasteiger partial charge is 0.249 e. The highest BCUT2D eigenvalue weighted by Gasteiger charge is 2.40. The number of aromatic nitrogens is 5. The van der Waals surface area contributed by atoms with Gasteiger partial charge in [0.05, 0.1) is 19.6 Å². The first-order valence-electron chi connectivity index (χ1n) is 12.1. The molecule has 1 saturated heterocycles. The highest BCUT2D eigenvalue weighted by Crippen LogP contribution is 2.33. The number of aliphatic hydroxyl groups excluding tert-OH is 1. The summed E-state index contributed by atoms with van der Waals surface area (Å²) in [5.74, 6) is 1.23. The summed E-state index contributed by atoms with van der Waals surface area (Å²) in [6.07, 6.45) is 2.44. The molecule has 1 aliphatic heterocycles. The predicted molar refractivity (Wildman–Crippen MR) is 137 cm³/mol. The second-order valence-electron chi connectivity index (χ2n) is 9.15. The van der Waals surface area contributed by atoms with Gasteiger partial charge in [-0.15, -0.1) is 0 Å². The second-order valence-corrected chi connectivity index (χ2v) is 9.15. The van der Waals surface area contributed by atoms with E-state index in [2.05, 4.69) is 20.6 Å². The zero-order valence-corrected chi connectivity index (χ0v) is 20.8. The molecule has 4 heterocycles. The number of carbonyl (C=O) groups excluding carboxylic acids is 1. The lowest BCUT2D eigenvalue weighted by Crippen LogP contribution is -2.38. The number of rotatable bonds is 8. The van der Waals surface area contributed by atoms with E-state index >= 15 is 0 Å². The molecular weight excluding hydrogens is 474 g/mol. The van der Waals surface area contributed by atoms with Gasteiger partial charge in [-0.3, -0.25) is 14.3 Å². The highest BCUT2D eigenvalue weighted by molar-refractivity contribution is 5.85. The fraction of sp³-hybridized carbons (Fsp3) is 0.346. The van der Waals surface area contributed by atoms with Crippen molar-refractivity contribution in [3.05, 3.63) is 60.7 Å². The molecule has 3 N–H and O–H groups in total. The van der Waals surface area contributed by atoms with Crippen molar-refractivity contribution in [3.63, 3.8) is 0 Å². The molecule has 11 nitrogen and oxygen atoms in total. The van der Waals surface area contributed by atoms with Crippen LogP contribution in [-0.2, 0) is 16.1 Å². The van der Waals surface area contributed by atoms with Crippen LogP contribution in [0.4, 0.5) is 5.82 Å². The van der Waals surface area contributed by atoms with Crippen molar-refractivity contribution in [2.45, 2.75) is 51.3 Å². The van der Waals surface area contributed by atoms with Crippen molar-refractivity contribution >= 4 is 22.9 Å². The van der Waals surface area contributed by atoms with Gasteiger partial charge < -0.3 is 25.2 Å². The van der Waals surface area contributed by atoms with Crippen LogP contribution in [-0.4, -0.2) is 60.9 Å². The average molecular weight is 504 g/mol. The van der Waals surface area contributed by atoms with E-state index in [0.717, 1.165) is 5.56 Å². The van der Waals surface area contributed by atoms with Crippen LogP contribution in [0.5, 0.6) is 5.75 Å². The largest absolute Gasteiger partial charge is 0.495 e. The van der Waals surface area contributed by atoms with Crippen LogP contribution in [0.2, 0.25) is 0 Å². The minimum absolute atomic E-state index is 0.0358. The molecule has 4 aromatic rings. The Kier molecular flexibility index (Phi) is 6.97. The number of nitrogens with zero attached hydrogens (tertiary/aromatic N) is 5. The molecule has 1 fully saturated rings. The second kappa shape index (κ2) is 10.5. The Morgan fingerprint density at radius 1 is 1.24 bits per heavy atom. The Bertz CT molecular complexity index is 1390. The summed E-state index contributed by atoms with van der Waals surface area (Å²) in [5, 5.41) is 17.0. The lowest BCUT2D eigenvalue weighted by Gasteiger charge is -2.18. The number of methoxy groups -OCH3 is 1. The maximum atomic E-state index is 12.5. The lowest BCUT2D eigenvalue weighted by atomic mass is 10.2. The maximum absolute atomic E-state index is 12.5. The van der Waals surface area contributed by atoms with Crippen molar-refractivity contribution < 1.29 is 19.4 Å². The quantitative estimate of drug-likeness (QED) is 0.331. The summed E-state index contributed by atoms with van der Waals surface area (Å²) in [5.41, 5.74) is 2.70. The number of ether oxygens (including phenoxy) is 2. The maximum Gasteiger partial charge on any atom is 0.249 e. The van der Waals surface area contributed by atoms with E-state index in [1.54, 1.807) is 36.5 Å². The standard InChI is InChI=1S/C26H29N7O4/c1-15(2)30-25(35)20-10-19(34)26(37-20)33-14-29-21-23(28-11-16-7-5-4-6-8-16)31-22(32-24(21)33)17-9-18(36-3)13-27-12-17/h4-9,12-15,19-20,26,34H,10-11H2,1-3H3,(H,30,35)(H,28,31,32)/t19-,20+,26-/m1/s1. The summed E-state index contributed by atoms with van der Waals surface area (Å²) in [6.45, 7) is 4.27. The summed E-state index contributed by atoms with van der Waals surface area (Å²) in [4.78, 5) is 30.8. The topological polar surface area (TPSA) is 136 Å². The Labute approximate surface area is 213 Å². The fourth-order valence-corrected chi connectivity index (χ4v) is 4.24. The van der Waals surface area contributed by atoms with Crippen molar-refractivity contribution in [1.82, 2.24) is 29.8 Å². The third-order valence-electron chi connectivity index (χ3n) is 6.02. The number of amides is 1. The predicted octanol–water partition coefficient (Wildman–Crippen LogP) is 2.68. The molecule has 37 heavy (non-hydrogen) atoms. The molecule has 3 atom stereocenters. The number of fused-ring (bicyclic) bond motifs is 1. The molecule has 0 saturated carbocycles. The van der Waals surface area contributed by atoms with Gasteiger partial charge in [0.15, 0.2) is 29.0 Å². The van der Waals surface area contributed by atoms with Crippen LogP contribution in [0.3, 0.4) is 0 Å². The van der Waals surface area contributed by atoms with E-state index in [0.29, 0.717) is 40.7 Å². The van der Waals surface area contributed by atoms with Crippen LogP contribution in [0.15, 0.2) is 55.1 Å². The van der Waals surface area contributed by atoms with Crippen molar-refractivity contribution in [1.29, 1.82) is 0 Å². The summed E-state index contributed by atoms with van der Waals surface area (Å²) in [6, 6.07) is 11.7. The van der Waals surface area contributed by atoms with Crippen LogP contribution >= 0.6 is 0 Å². The molecule has 1 aromatic carbocycles. The Morgan fingerprint density at radius 3 is 2.81 bits per heavy atom. The first-order valence-corrected chi connectivity index (χ1v) is 12.1. The molecule has 192 valence electrons. The van der Waals surface area contributed by atoms with Crippen molar-refractivity contribution in [3.8, 4) is 17.1 Å². The third kappa shape index (κ3) is 5.23. The van der Waals surface area contributed by atoms with E-state index in [9.17, 15) is 9.90 Å². The molecular formula is C26H29N7O4. The van der Waals surface area contributed by atoms with E-state index in [1.807, 2.05) is 44.2 Å². The molecule has 1 amide bonds. The molecule has 0 spiro atoms. The van der Waals surface area contributed by atoms with E-state index < -0.39 is 18.4 Å². The normalized spacial score (nSPS) is 19.3. The first kappa shape index (κ1) is 24.6. The minimum atomic E-state index is -0.919. The highest BCUT2D eigenvalue weighted by atomic mass is 16.5. The third-order valence-corrected chi connectivity index (χ3v) is 6.02. The number of hydrogen-bond acceptors (Lipinski definition) is 9.